The number of pyridine rings is 1. The first kappa shape index (κ1) is 14.8. The molecule has 0 unspecified atom stereocenters. The maximum atomic E-state index is 8.99. The van der Waals surface area contributed by atoms with Crippen molar-refractivity contribution in [1.82, 2.24) is 4.98 Å². The number of hydrogen-bond donors (Lipinski definition) is 1. The Labute approximate surface area is 115 Å². The van der Waals surface area contributed by atoms with Crippen LogP contribution in [0.5, 0.6) is 0 Å². The number of nitriles is 2. The van der Waals surface area contributed by atoms with Crippen molar-refractivity contribution in [2.24, 2.45) is 0 Å². The van der Waals surface area contributed by atoms with Crippen LogP contribution in [-0.4, -0.2) is 20.1 Å². The van der Waals surface area contributed by atoms with Crippen molar-refractivity contribution in [3.8, 4) is 24.0 Å². The molecule has 19 heavy (non-hydrogen) atoms. The van der Waals surface area contributed by atoms with Gasteiger partial charge in [0.25, 0.3) is 0 Å². The average molecular weight is 268 g/mol. The summed E-state index contributed by atoms with van der Waals surface area (Å²) < 4.78 is 0. The lowest BCUT2D eigenvalue weighted by Gasteiger charge is -2.09. The molecule has 96 valence electrons. The summed E-state index contributed by atoms with van der Waals surface area (Å²) in [7, 11) is 0.511. The molecule has 4 nitrogen and oxygen atoms in total. The first-order chi connectivity index (χ1) is 8.91. The number of aromatic nitrogens is 1. The molecule has 0 aliphatic rings. The summed E-state index contributed by atoms with van der Waals surface area (Å²) >= 11 is 0. The molecule has 0 aromatic carbocycles. The van der Waals surface area contributed by atoms with Crippen molar-refractivity contribution < 1.29 is 0 Å². The Hall–Kier alpha value is -2.29. The Morgan fingerprint density at radius 3 is 2.37 bits per heavy atom. The van der Waals surface area contributed by atoms with Crippen molar-refractivity contribution in [2.45, 2.75) is 25.7 Å². The average Bonchev–Trinajstić information content (AvgIpc) is 2.36. The number of hydrogen-bond acceptors (Lipinski definition) is 4. The van der Waals surface area contributed by atoms with Gasteiger partial charge in [-0.05, 0) is 6.07 Å². The summed E-state index contributed by atoms with van der Waals surface area (Å²) in [6.45, 7) is 6.75. The van der Waals surface area contributed by atoms with Crippen LogP contribution in [-0.2, 0) is 0 Å². The zero-order chi connectivity index (χ0) is 14.5. The predicted octanol–water partition coefficient (Wildman–Crippen LogP) is 2.56. The highest BCUT2D eigenvalue weighted by Gasteiger charge is 2.11. The lowest BCUT2D eigenvalue weighted by Crippen LogP contribution is -2.17. The van der Waals surface area contributed by atoms with E-state index in [1.807, 2.05) is 12.1 Å². The molecule has 5 heteroatoms. The lowest BCUT2D eigenvalue weighted by atomic mass is 10.1. The van der Waals surface area contributed by atoms with E-state index in [2.05, 4.69) is 41.8 Å². The Balaban J connectivity index is 3.21. The van der Waals surface area contributed by atoms with E-state index in [1.54, 1.807) is 13.1 Å². The molecule has 0 amide bonds. The fourth-order valence-electron chi connectivity index (χ4n) is 1.37. The van der Waals surface area contributed by atoms with Gasteiger partial charge in [0.15, 0.2) is 5.69 Å². The minimum Gasteiger partial charge on any atom is -0.372 e. The van der Waals surface area contributed by atoms with Crippen LogP contribution < -0.4 is 5.32 Å². The van der Waals surface area contributed by atoms with Gasteiger partial charge >= 0.3 is 0 Å². The molecule has 0 bridgehead atoms. The van der Waals surface area contributed by atoms with E-state index >= 15 is 0 Å². The molecular weight excluding hydrogens is 252 g/mol. The smallest absolute Gasteiger partial charge is 0.160 e. The van der Waals surface area contributed by atoms with Gasteiger partial charge in [-0.2, -0.15) is 10.5 Å². The zero-order valence-electron chi connectivity index (χ0n) is 11.6. The first-order valence-electron chi connectivity index (χ1n) is 5.93. The van der Waals surface area contributed by atoms with Crippen molar-refractivity contribution in [3.05, 3.63) is 22.9 Å². The third-order valence-corrected chi connectivity index (χ3v) is 3.56. The molecule has 1 aromatic rings. The number of nitrogens with zero attached hydrogens (tertiary/aromatic N) is 3. The molecular formula is C14H16N4Si. The Morgan fingerprint density at radius 2 is 1.89 bits per heavy atom. The van der Waals surface area contributed by atoms with Crippen LogP contribution in [0.25, 0.3) is 0 Å². The van der Waals surface area contributed by atoms with E-state index in [4.69, 9.17) is 10.5 Å². The second-order valence-electron chi connectivity index (χ2n) is 5.29. The van der Waals surface area contributed by atoms with Gasteiger partial charge in [-0.25, -0.2) is 4.98 Å². The van der Waals surface area contributed by atoms with E-state index in [0.717, 1.165) is 6.04 Å². The molecule has 0 radical (unpaired) electrons. The Kier molecular flexibility index (Phi) is 4.70. The van der Waals surface area contributed by atoms with E-state index in [0.29, 0.717) is 11.4 Å². The van der Waals surface area contributed by atoms with Gasteiger partial charge < -0.3 is 5.32 Å². The second kappa shape index (κ2) is 6.04. The van der Waals surface area contributed by atoms with E-state index in [-0.39, 0.29) is 11.3 Å². The minimum atomic E-state index is -1.21. The van der Waals surface area contributed by atoms with Gasteiger partial charge in [0.05, 0.1) is 19.2 Å². The van der Waals surface area contributed by atoms with Gasteiger partial charge in [0, 0.05) is 13.1 Å². The summed E-state index contributed by atoms with van der Waals surface area (Å²) in [4.78, 5) is 4.11. The third-order valence-electron chi connectivity index (χ3n) is 2.33. The largest absolute Gasteiger partial charge is 0.372 e. The van der Waals surface area contributed by atoms with Crippen molar-refractivity contribution in [1.29, 1.82) is 10.5 Å². The number of anilines is 1. The van der Waals surface area contributed by atoms with Gasteiger partial charge in [-0.15, -0.1) is 5.92 Å². The first-order valence-corrected chi connectivity index (χ1v) is 9.64. The van der Waals surface area contributed by atoms with Gasteiger partial charge in [-0.3, -0.25) is 0 Å². The Bertz CT molecular complexity index is 618. The summed E-state index contributed by atoms with van der Waals surface area (Å²) in [5.41, 5.74) is 1.05. The molecule has 0 fully saturated rings. The molecule has 0 saturated heterocycles. The predicted molar refractivity (Wildman–Crippen MR) is 78.2 cm³/mol. The molecule has 1 heterocycles. The molecule has 0 spiro atoms. The van der Waals surface area contributed by atoms with Crippen LogP contribution in [0.4, 0.5) is 5.82 Å². The Morgan fingerprint density at radius 1 is 1.21 bits per heavy atom. The summed E-state index contributed by atoms with van der Waals surface area (Å²) in [6.07, 6.45) is 0. The van der Waals surface area contributed by atoms with Gasteiger partial charge in [0.1, 0.15) is 18.0 Å². The van der Waals surface area contributed by atoms with Gasteiger partial charge in [0.2, 0.25) is 0 Å². The van der Waals surface area contributed by atoms with Gasteiger partial charge in [-0.1, -0.05) is 25.6 Å². The normalized spacial score (nSPS) is 9.79. The molecule has 0 aliphatic heterocycles. The molecule has 1 aromatic heterocycles. The van der Waals surface area contributed by atoms with Crippen molar-refractivity contribution in [2.75, 3.05) is 12.4 Å². The maximum absolute atomic E-state index is 8.99. The summed E-state index contributed by atoms with van der Waals surface area (Å²) in [6, 6.07) is 6.39. The quantitative estimate of drug-likeness (QED) is 0.661. The zero-order valence-corrected chi connectivity index (χ0v) is 12.6. The van der Waals surface area contributed by atoms with E-state index < -0.39 is 8.07 Å². The highest BCUT2D eigenvalue weighted by Crippen LogP contribution is 2.16. The molecule has 1 rings (SSSR count). The van der Waals surface area contributed by atoms with E-state index in [1.165, 1.54) is 0 Å². The standard InChI is InChI=1S/C14H16N4Si/c1-17-14-11(6-5-7-19(2,3)4)8-12(9-15)13(10-16)18-14/h8H,7H2,1-4H3,(H,17,18). The SMILES string of the molecule is CNc1nc(C#N)c(C#N)cc1C#CC[Si](C)(C)C. The third kappa shape index (κ3) is 4.14. The maximum Gasteiger partial charge on any atom is 0.160 e. The van der Waals surface area contributed by atoms with Crippen molar-refractivity contribution >= 4 is 13.9 Å². The molecule has 0 saturated carbocycles. The summed E-state index contributed by atoms with van der Waals surface area (Å²) in [5.74, 6) is 6.73. The van der Waals surface area contributed by atoms with Crippen LogP contribution in [0.15, 0.2) is 6.07 Å². The molecule has 1 N–H and O–H groups in total. The molecule has 0 atom stereocenters. The lowest BCUT2D eigenvalue weighted by molar-refractivity contribution is 1.21. The second-order valence-corrected chi connectivity index (χ2v) is 10.8. The number of rotatable bonds is 2. The fraction of sp³-hybridized carbons (Fsp3) is 0.357. The van der Waals surface area contributed by atoms with Crippen LogP contribution in [0.2, 0.25) is 25.7 Å². The van der Waals surface area contributed by atoms with E-state index in [9.17, 15) is 0 Å². The summed E-state index contributed by atoms with van der Waals surface area (Å²) in [5, 5.41) is 20.8. The number of nitrogens with one attached hydrogen (secondary N) is 1. The minimum absolute atomic E-state index is 0.127. The van der Waals surface area contributed by atoms with Crippen LogP contribution >= 0.6 is 0 Å². The topological polar surface area (TPSA) is 72.5 Å². The highest BCUT2D eigenvalue weighted by molar-refractivity contribution is 6.76. The fourth-order valence-corrected chi connectivity index (χ4v) is 1.99. The van der Waals surface area contributed by atoms with Crippen molar-refractivity contribution in [3.63, 3.8) is 0 Å². The molecule has 0 aliphatic carbocycles. The van der Waals surface area contributed by atoms with Crippen LogP contribution in [0.1, 0.15) is 16.8 Å². The van der Waals surface area contributed by atoms with Crippen LogP contribution in [0.3, 0.4) is 0 Å². The monoisotopic (exact) mass is 268 g/mol. The van der Waals surface area contributed by atoms with Crippen LogP contribution in [0, 0.1) is 34.5 Å². The highest BCUT2D eigenvalue weighted by atomic mass is 28.3.